The number of nitroso groups, excluding NO2 is 1. The third kappa shape index (κ3) is 7.10. The topological polar surface area (TPSA) is 119 Å². The van der Waals surface area contributed by atoms with Gasteiger partial charge in [-0.05, 0) is 59.6 Å². The molecule has 202 valence electrons. The van der Waals surface area contributed by atoms with Crippen molar-refractivity contribution in [2.24, 2.45) is 16.8 Å². The summed E-state index contributed by atoms with van der Waals surface area (Å²) in [6.45, 7) is 9.44. The fraction of sp³-hybridized carbons (Fsp3) is 0.556. The van der Waals surface area contributed by atoms with Crippen LogP contribution in [-0.4, -0.2) is 80.1 Å². The van der Waals surface area contributed by atoms with Gasteiger partial charge in [-0.25, -0.2) is 10.4 Å². The number of nitrogens with one attached hydrogen (secondary N) is 2. The van der Waals surface area contributed by atoms with Crippen LogP contribution in [0.5, 0.6) is 0 Å². The minimum absolute atomic E-state index is 0.0849. The van der Waals surface area contributed by atoms with Gasteiger partial charge in [-0.2, -0.15) is 4.91 Å². The summed E-state index contributed by atoms with van der Waals surface area (Å²) in [4.78, 5) is 33.8. The molecule has 0 saturated heterocycles. The third-order valence-electron chi connectivity index (χ3n) is 7.03. The van der Waals surface area contributed by atoms with E-state index in [1.165, 1.54) is 0 Å². The zero-order valence-electron chi connectivity index (χ0n) is 23.0. The number of hydrogen-bond acceptors (Lipinski definition) is 9. The van der Waals surface area contributed by atoms with E-state index in [0.717, 1.165) is 41.3 Å². The Morgan fingerprint density at radius 3 is 2.65 bits per heavy atom. The zero-order chi connectivity index (χ0) is 27.1. The first-order valence-corrected chi connectivity index (χ1v) is 12.9. The number of nitrogens with zero attached hydrogens (tertiary/aromatic N) is 5. The number of hydrogen-bond donors (Lipinski definition) is 3. The van der Waals surface area contributed by atoms with Crippen LogP contribution in [0, 0.1) is 10.8 Å². The maximum atomic E-state index is 13.5. The van der Waals surface area contributed by atoms with E-state index in [0.29, 0.717) is 25.2 Å². The molecular weight excluding hydrogens is 468 g/mol. The fourth-order valence-corrected chi connectivity index (χ4v) is 4.61. The first-order valence-electron chi connectivity index (χ1n) is 12.9. The Kier molecular flexibility index (Phi) is 10.1. The number of carbonyl (C=O) groups excluding carboxylic acids is 1. The molecule has 0 saturated carbocycles. The van der Waals surface area contributed by atoms with Gasteiger partial charge in [0.2, 0.25) is 0 Å². The van der Waals surface area contributed by atoms with Crippen LogP contribution in [0.1, 0.15) is 42.3 Å². The average Bonchev–Trinajstić information content (AvgIpc) is 3.30. The lowest BCUT2D eigenvalue weighted by atomic mass is 9.99. The highest BCUT2D eigenvalue weighted by molar-refractivity contribution is 5.98. The number of hydrazine groups is 1. The number of pyridine rings is 1. The molecule has 0 aliphatic carbocycles. The zero-order valence-corrected chi connectivity index (χ0v) is 23.0. The smallest absolute Gasteiger partial charge is 0.251 e. The number of likely N-dealkylation sites (N-methyl/N-ethyl adjacent to an activating group) is 1. The Balaban J connectivity index is 1.95. The molecule has 0 fully saturated rings. The number of amides is 1. The Morgan fingerprint density at radius 1 is 1.24 bits per heavy atom. The van der Waals surface area contributed by atoms with Crippen molar-refractivity contribution in [3.8, 4) is 11.3 Å². The van der Waals surface area contributed by atoms with Gasteiger partial charge in [0, 0.05) is 67.4 Å². The van der Waals surface area contributed by atoms with E-state index in [9.17, 15) is 9.70 Å². The molecule has 0 bridgehead atoms. The van der Waals surface area contributed by atoms with Crippen molar-refractivity contribution in [3.05, 3.63) is 51.9 Å². The lowest BCUT2D eigenvalue weighted by Crippen LogP contribution is -2.41. The second-order valence-electron chi connectivity index (χ2n) is 10.4. The summed E-state index contributed by atoms with van der Waals surface area (Å²) < 4.78 is 0. The molecule has 3 rings (SSSR count). The van der Waals surface area contributed by atoms with Crippen molar-refractivity contribution in [1.29, 1.82) is 0 Å². The van der Waals surface area contributed by atoms with Gasteiger partial charge >= 0.3 is 0 Å². The normalized spacial score (nSPS) is 14.8. The van der Waals surface area contributed by atoms with E-state index in [1.54, 1.807) is 0 Å². The van der Waals surface area contributed by atoms with Gasteiger partial charge in [0.25, 0.3) is 5.91 Å². The molecule has 1 aromatic heterocycles. The number of fused-ring (bicyclic) bond motifs is 1. The summed E-state index contributed by atoms with van der Waals surface area (Å²) in [6, 6.07) is 10.4. The number of benzene rings is 1. The first-order chi connectivity index (χ1) is 17.7. The number of rotatable bonds is 13. The van der Waals surface area contributed by atoms with Crippen molar-refractivity contribution in [2.75, 3.05) is 52.3 Å². The van der Waals surface area contributed by atoms with E-state index < -0.39 is 0 Å². The standard InChI is InChI=1S/C27H42N8O2/c1-18(2)35-26-24(16-30-35)23(27(36)29-14-22(15-31-37)19(3)33(4)5)13-25(32-26)21-9-7-8-20(12-21)17-34(6)11-10-28/h7-9,12-13,18-19,22,30H,10-11,14-17,28H2,1-6H3,(H,29,36). The third-order valence-corrected chi connectivity index (χ3v) is 7.03. The van der Waals surface area contributed by atoms with Gasteiger partial charge in [-0.15, -0.1) is 0 Å². The Bertz CT molecular complexity index is 1070. The van der Waals surface area contributed by atoms with Gasteiger partial charge in [-0.3, -0.25) is 9.80 Å². The number of aromatic nitrogens is 1. The van der Waals surface area contributed by atoms with Crippen molar-refractivity contribution in [2.45, 2.75) is 45.9 Å². The quantitative estimate of drug-likeness (QED) is 0.352. The van der Waals surface area contributed by atoms with E-state index in [4.69, 9.17) is 10.7 Å². The maximum absolute atomic E-state index is 13.5. The van der Waals surface area contributed by atoms with Crippen LogP contribution >= 0.6 is 0 Å². The highest BCUT2D eigenvalue weighted by Gasteiger charge is 2.29. The van der Waals surface area contributed by atoms with Crippen LogP contribution in [0.15, 0.2) is 35.5 Å². The van der Waals surface area contributed by atoms with Crippen molar-refractivity contribution in [3.63, 3.8) is 0 Å². The molecule has 1 amide bonds. The second kappa shape index (κ2) is 13.0. The number of carbonyl (C=O) groups is 1. The van der Waals surface area contributed by atoms with Crippen LogP contribution in [0.25, 0.3) is 11.3 Å². The highest BCUT2D eigenvalue weighted by Crippen LogP contribution is 2.32. The largest absolute Gasteiger partial charge is 0.352 e. The summed E-state index contributed by atoms with van der Waals surface area (Å²) in [5, 5.41) is 8.19. The molecule has 2 aromatic rings. The highest BCUT2D eigenvalue weighted by atomic mass is 16.3. The Morgan fingerprint density at radius 2 is 2.00 bits per heavy atom. The molecule has 1 aliphatic rings. The lowest BCUT2D eigenvalue weighted by molar-refractivity contribution is 0.0938. The molecule has 1 aromatic carbocycles. The van der Waals surface area contributed by atoms with Crippen LogP contribution in [0.2, 0.25) is 0 Å². The molecule has 1 aliphatic heterocycles. The second-order valence-corrected chi connectivity index (χ2v) is 10.4. The molecule has 0 spiro atoms. The molecular formula is C27H42N8O2. The first kappa shape index (κ1) is 28.6. The van der Waals surface area contributed by atoms with Crippen LogP contribution in [0.3, 0.4) is 0 Å². The summed E-state index contributed by atoms with van der Waals surface area (Å²) in [7, 11) is 5.97. The van der Waals surface area contributed by atoms with Crippen LogP contribution in [-0.2, 0) is 13.1 Å². The van der Waals surface area contributed by atoms with Gasteiger partial charge in [0.15, 0.2) is 0 Å². The number of nitrogens with two attached hydrogens (primary N) is 1. The summed E-state index contributed by atoms with van der Waals surface area (Å²) in [6.07, 6.45) is 0. The van der Waals surface area contributed by atoms with E-state index in [2.05, 4.69) is 46.8 Å². The minimum Gasteiger partial charge on any atom is -0.352 e. The molecule has 10 nitrogen and oxygen atoms in total. The predicted octanol–water partition coefficient (Wildman–Crippen LogP) is 2.43. The predicted molar refractivity (Wildman–Crippen MR) is 149 cm³/mol. The molecule has 2 heterocycles. The maximum Gasteiger partial charge on any atom is 0.251 e. The minimum atomic E-state index is -0.173. The molecule has 2 unspecified atom stereocenters. The molecule has 10 heteroatoms. The van der Waals surface area contributed by atoms with Crippen molar-refractivity contribution < 1.29 is 4.79 Å². The molecule has 4 N–H and O–H groups in total. The van der Waals surface area contributed by atoms with E-state index in [-0.39, 0.29) is 30.5 Å². The molecule has 37 heavy (non-hydrogen) atoms. The molecule has 0 radical (unpaired) electrons. The summed E-state index contributed by atoms with van der Waals surface area (Å²) >= 11 is 0. The summed E-state index contributed by atoms with van der Waals surface area (Å²) in [5.74, 6) is 0.516. The van der Waals surface area contributed by atoms with Crippen molar-refractivity contribution >= 4 is 11.7 Å². The van der Waals surface area contributed by atoms with Crippen molar-refractivity contribution in [1.82, 2.24) is 25.5 Å². The van der Waals surface area contributed by atoms with Crippen LogP contribution in [0.4, 0.5) is 5.82 Å². The Hall–Kier alpha value is -2.92. The molecule has 2 atom stereocenters. The fourth-order valence-electron chi connectivity index (χ4n) is 4.61. The van der Waals surface area contributed by atoms with E-state index >= 15 is 0 Å². The number of anilines is 1. The van der Waals surface area contributed by atoms with Gasteiger partial charge < -0.3 is 20.9 Å². The van der Waals surface area contributed by atoms with Gasteiger partial charge in [0.05, 0.1) is 12.2 Å². The SMILES string of the molecule is CC(C(CN=O)CNC(=O)c1cc(-c2cccc(CN(C)CCN)c2)nc2c1CNN2C(C)C)N(C)C. The monoisotopic (exact) mass is 510 g/mol. The van der Waals surface area contributed by atoms with Gasteiger partial charge in [0.1, 0.15) is 5.82 Å². The summed E-state index contributed by atoms with van der Waals surface area (Å²) in [5.41, 5.74) is 13.4. The average molecular weight is 511 g/mol. The lowest BCUT2D eigenvalue weighted by Gasteiger charge is -2.27. The van der Waals surface area contributed by atoms with Gasteiger partial charge in [-0.1, -0.05) is 23.4 Å². The Labute approximate surface area is 220 Å². The van der Waals surface area contributed by atoms with Crippen LogP contribution < -0.4 is 21.5 Å². The van der Waals surface area contributed by atoms with E-state index in [1.807, 2.05) is 56.2 Å².